The molecule has 1 atom stereocenters. The number of amides is 2. The summed E-state index contributed by atoms with van der Waals surface area (Å²) in [7, 11) is 1.80. The monoisotopic (exact) mass is 466 g/mol. The first-order valence-electron chi connectivity index (χ1n) is 12.3. The van der Waals surface area contributed by atoms with E-state index in [-0.39, 0.29) is 30.1 Å². The number of carbonyl (C=O) groups is 2. The molecule has 2 aliphatic rings. The van der Waals surface area contributed by atoms with Crippen LogP contribution in [0, 0.1) is 12.7 Å². The van der Waals surface area contributed by atoms with Gasteiger partial charge >= 0.3 is 0 Å². The lowest BCUT2D eigenvalue weighted by Crippen LogP contribution is -2.50. The third-order valence-electron chi connectivity index (χ3n) is 7.59. The molecule has 0 N–H and O–H groups in total. The number of likely N-dealkylation sites (tertiary alicyclic amines) is 1. The molecule has 0 spiro atoms. The normalized spacial score (nSPS) is 20.4. The van der Waals surface area contributed by atoms with Crippen LogP contribution in [-0.4, -0.2) is 61.0 Å². The zero-order valence-electron chi connectivity index (χ0n) is 20.3. The van der Waals surface area contributed by atoms with E-state index in [0.717, 1.165) is 24.8 Å². The first-order chi connectivity index (χ1) is 16.4. The maximum atomic E-state index is 14.0. The van der Waals surface area contributed by atoms with Crippen molar-refractivity contribution in [3.05, 3.63) is 71.0 Å². The number of halogens is 1. The maximum Gasteiger partial charge on any atom is 0.233 e. The lowest BCUT2D eigenvalue weighted by Gasteiger charge is -2.40. The molecule has 4 rings (SSSR count). The average molecular weight is 467 g/mol. The molecule has 2 heterocycles. The molecule has 2 aromatic rings. The highest BCUT2D eigenvalue weighted by atomic mass is 19.1. The molecule has 2 aromatic carbocycles. The number of ether oxygens (including phenoxy) is 1. The summed E-state index contributed by atoms with van der Waals surface area (Å²) in [4.78, 5) is 30.6. The molecule has 0 unspecified atom stereocenters. The van der Waals surface area contributed by atoms with Gasteiger partial charge in [-0.15, -0.1) is 0 Å². The number of carbonyl (C=O) groups excluding carboxylic acids is 2. The van der Waals surface area contributed by atoms with Crippen molar-refractivity contribution in [2.45, 2.75) is 56.9 Å². The van der Waals surface area contributed by atoms with E-state index in [1.807, 2.05) is 4.90 Å². The molecule has 0 saturated carbocycles. The minimum atomic E-state index is -0.543. The van der Waals surface area contributed by atoms with Crippen LogP contribution in [-0.2, 0) is 26.2 Å². The summed E-state index contributed by atoms with van der Waals surface area (Å²) in [6.45, 7) is 4.54. The second kappa shape index (κ2) is 10.7. The fraction of sp³-hybridized carbons (Fsp3) is 0.500. The summed E-state index contributed by atoms with van der Waals surface area (Å²) in [6, 6.07) is 14.8. The van der Waals surface area contributed by atoms with Crippen LogP contribution in [0.3, 0.4) is 0 Å². The highest BCUT2D eigenvalue weighted by molar-refractivity contribution is 5.88. The van der Waals surface area contributed by atoms with Crippen molar-refractivity contribution in [2.75, 3.05) is 33.4 Å². The molecule has 6 heteroatoms. The third-order valence-corrected chi connectivity index (χ3v) is 7.59. The van der Waals surface area contributed by atoms with E-state index >= 15 is 0 Å². The van der Waals surface area contributed by atoms with Crippen LogP contribution in [0.4, 0.5) is 4.39 Å². The van der Waals surface area contributed by atoms with Crippen LogP contribution < -0.4 is 0 Å². The molecule has 0 bridgehead atoms. The fourth-order valence-corrected chi connectivity index (χ4v) is 5.32. The van der Waals surface area contributed by atoms with Gasteiger partial charge < -0.3 is 14.5 Å². The van der Waals surface area contributed by atoms with E-state index in [1.54, 1.807) is 30.1 Å². The van der Waals surface area contributed by atoms with E-state index < -0.39 is 5.41 Å². The zero-order chi connectivity index (χ0) is 24.1. The Morgan fingerprint density at radius 2 is 1.76 bits per heavy atom. The minimum Gasteiger partial charge on any atom is -0.381 e. The molecule has 5 nitrogen and oxygen atoms in total. The van der Waals surface area contributed by atoms with Gasteiger partial charge in [-0.3, -0.25) is 9.59 Å². The van der Waals surface area contributed by atoms with Crippen molar-refractivity contribution in [3.63, 3.8) is 0 Å². The quantitative estimate of drug-likeness (QED) is 0.662. The summed E-state index contributed by atoms with van der Waals surface area (Å²) >= 11 is 0. The Bertz CT molecular complexity index is 1000. The molecular formula is C28H35FN2O3. The number of rotatable bonds is 5. The van der Waals surface area contributed by atoms with Gasteiger partial charge in [-0.05, 0) is 56.2 Å². The van der Waals surface area contributed by atoms with Crippen molar-refractivity contribution in [1.29, 1.82) is 0 Å². The number of nitrogens with zero attached hydrogens (tertiary/aromatic N) is 2. The third kappa shape index (κ3) is 5.17. The van der Waals surface area contributed by atoms with Crippen LogP contribution in [0.1, 0.15) is 48.8 Å². The van der Waals surface area contributed by atoms with Gasteiger partial charge in [-0.25, -0.2) is 4.39 Å². The fourth-order valence-electron chi connectivity index (χ4n) is 5.32. The lowest BCUT2D eigenvalue weighted by atomic mass is 9.72. The SMILES string of the molecule is Cc1ccc(C2(C(=O)N3CCC[C@H](N(C)C(=O)Cc4ccccc4F)CC3)CCOCC2)cc1. The number of hydrogen-bond acceptors (Lipinski definition) is 3. The van der Waals surface area contributed by atoms with Crippen LogP contribution >= 0.6 is 0 Å². The van der Waals surface area contributed by atoms with E-state index in [4.69, 9.17) is 4.74 Å². The molecule has 0 radical (unpaired) electrons. The maximum absolute atomic E-state index is 14.0. The predicted octanol–water partition coefficient (Wildman–Crippen LogP) is 4.26. The second-order valence-electron chi connectivity index (χ2n) is 9.71. The van der Waals surface area contributed by atoms with Crippen LogP contribution in [0.2, 0.25) is 0 Å². The Morgan fingerprint density at radius 3 is 2.47 bits per heavy atom. The second-order valence-corrected chi connectivity index (χ2v) is 9.71. The van der Waals surface area contributed by atoms with Crippen LogP contribution in [0.5, 0.6) is 0 Å². The Morgan fingerprint density at radius 1 is 1.06 bits per heavy atom. The van der Waals surface area contributed by atoms with Crippen molar-refractivity contribution in [1.82, 2.24) is 9.80 Å². The molecule has 34 heavy (non-hydrogen) atoms. The van der Waals surface area contributed by atoms with E-state index in [9.17, 15) is 14.0 Å². The van der Waals surface area contributed by atoms with Gasteiger partial charge in [0.15, 0.2) is 0 Å². The number of likely N-dealkylation sites (N-methyl/N-ethyl adjacent to an activating group) is 1. The molecule has 2 saturated heterocycles. The van der Waals surface area contributed by atoms with Crippen molar-refractivity contribution in [2.24, 2.45) is 0 Å². The standard InChI is InChI=1S/C28H35FN2O3/c1-21-9-11-23(12-10-21)28(14-18-34-19-15-28)27(33)31-16-5-7-24(13-17-31)30(2)26(32)20-22-6-3-4-8-25(22)29/h3-4,6,8-12,24H,5,7,13-20H2,1-2H3/t24-/m0/s1. The molecule has 2 amide bonds. The Labute approximate surface area is 201 Å². The topological polar surface area (TPSA) is 49.9 Å². The van der Waals surface area contributed by atoms with Gasteiger partial charge in [0.05, 0.1) is 11.8 Å². The van der Waals surface area contributed by atoms with Crippen molar-refractivity contribution < 1.29 is 18.7 Å². The Kier molecular flexibility index (Phi) is 7.67. The zero-order valence-corrected chi connectivity index (χ0v) is 20.3. The largest absolute Gasteiger partial charge is 0.381 e. The lowest BCUT2D eigenvalue weighted by molar-refractivity contribution is -0.141. The number of benzene rings is 2. The molecule has 182 valence electrons. The molecule has 2 fully saturated rings. The Hall–Kier alpha value is -2.73. The van der Waals surface area contributed by atoms with Crippen molar-refractivity contribution >= 4 is 11.8 Å². The van der Waals surface area contributed by atoms with Crippen LogP contribution in [0.25, 0.3) is 0 Å². The minimum absolute atomic E-state index is 0.0436. The summed E-state index contributed by atoms with van der Waals surface area (Å²) < 4.78 is 19.6. The number of aryl methyl sites for hydroxylation is 1. The first kappa shape index (κ1) is 24.4. The van der Waals surface area contributed by atoms with E-state index in [0.29, 0.717) is 44.7 Å². The summed E-state index contributed by atoms with van der Waals surface area (Å²) in [6.07, 6.45) is 3.84. The van der Waals surface area contributed by atoms with E-state index in [1.165, 1.54) is 11.6 Å². The highest BCUT2D eigenvalue weighted by Gasteiger charge is 2.44. The van der Waals surface area contributed by atoms with Gasteiger partial charge in [0, 0.05) is 39.4 Å². The van der Waals surface area contributed by atoms with Crippen molar-refractivity contribution in [3.8, 4) is 0 Å². The van der Waals surface area contributed by atoms with Gasteiger partial charge in [0.2, 0.25) is 11.8 Å². The average Bonchev–Trinajstić information content (AvgIpc) is 3.11. The van der Waals surface area contributed by atoms with Gasteiger partial charge in [0.1, 0.15) is 5.82 Å². The summed E-state index contributed by atoms with van der Waals surface area (Å²) in [5, 5.41) is 0. The van der Waals surface area contributed by atoms with Crippen LogP contribution in [0.15, 0.2) is 48.5 Å². The molecule has 2 aliphatic heterocycles. The van der Waals surface area contributed by atoms with Gasteiger partial charge in [0.25, 0.3) is 0 Å². The number of hydrogen-bond donors (Lipinski definition) is 0. The molecule has 0 aromatic heterocycles. The summed E-state index contributed by atoms with van der Waals surface area (Å²) in [5.41, 5.74) is 2.13. The highest BCUT2D eigenvalue weighted by Crippen LogP contribution is 2.37. The molecular weight excluding hydrogens is 431 g/mol. The smallest absolute Gasteiger partial charge is 0.233 e. The first-order valence-corrected chi connectivity index (χ1v) is 12.3. The van der Waals surface area contributed by atoms with E-state index in [2.05, 4.69) is 31.2 Å². The Balaban J connectivity index is 1.44. The van der Waals surface area contributed by atoms with Gasteiger partial charge in [-0.2, -0.15) is 0 Å². The summed E-state index contributed by atoms with van der Waals surface area (Å²) in [5.74, 6) is -0.254. The van der Waals surface area contributed by atoms with Gasteiger partial charge in [-0.1, -0.05) is 48.0 Å². The molecule has 0 aliphatic carbocycles. The predicted molar refractivity (Wildman–Crippen MR) is 130 cm³/mol.